The van der Waals surface area contributed by atoms with Gasteiger partial charge in [-0.3, -0.25) is 0 Å². The number of aromatic nitrogens is 1. The van der Waals surface area contributed by atoms with E-state index in [-0.39, 0.29) is 11.4 Å². The topological polar surface area (TPSA) is 39.9 Å². The van der Waals surface area contributed by atoms with Crippen molar-refractivity contribution in [3.63, 3.8) is 0 Å². The van der Waals surface area contributed by atoms with E-state index in [1.165, 1.54) is 0 Å². The molecular formula is C11H12F3N3. The molecule has 0 amide bonds. The summed E-state index contributed by atoms with van der Waals surface area (Å²) in [4.78, 5) is 5.15. The minimum Gasteiger partial charge on any atom is -0.356 e. The minimum absolute atomic E-state index is 0.0901. The van der Waals surface area contributed by atoms with Crippen LogP contribution in [0.4, 0.5) is 19.0 Å². The van der Waals surface area contributed by atoms with Crippen LogP contribution in [0.1, 0.15) is 25.1 Å². The van der Waals surface area contributed by atoms with Crippen LogP contribution in [0.25, 0.3) is 0 Å². The third kappa shape index (κ3) is 2.87. The first kappa shape index (κ1) is 13.3. The SMILES string of the molecule is CCN(CC)c1nc(C(F)(F)F)ccc1C#N. The van der Waals surface area contributed by atoms with Crippen LogP contribution in [-0.4, -0.2) is 18.1 Å². The zero-order valence-corrected chi connectivity index (χ0v) is 9.54. The van der Waals surface area contributed by atoms with E-state index < -0.39 is 11.9 Å². The lowest BCUT2D eigenvalue weighted by molar-refractivity contribution is -0.141. The van der Waals surface area contributed by atoms with Crippen molar-refractivity contribution in [3.05, 3.63) is 23.4 Å². The number of hydrogen-bond acceptors (Lipinski definition) is 3. The highest BCUT2D eigenvalue weighted by Gasteiger charge is 2.33. The molecule has 0 aromatic carbocycles. The van der Waals surface area contributed by atoms with Crippen LogP contribution in [0.15, 0.2) is 12.1 Å². The number of nitrogens with zero attached hydrogens (tertiary/aromatic N) is 3. The summed E-state index contributed by atoms with van der Waals surface area (Å²) in [6, 6.07) is 3.83. The Bertz CT molecular complexity index is 431. The first-order valence-corrected chi connectivity index (χ1v) is 5.17. The second-order valence-corrected chi connectivity index (χ2v) is 3.35. The van der Waals surface area contributed by atoms with Crippen molar-refractivity contribution in [2.75, 3.05) is 18.0 Å². The second kappa shape index (κ2) is 5.04. The van der Waals surface area contributed by atoms with E-state index in [1.54, 1.807) is 18.7 Å². The van der Waals surface area contributed by atoms with E-state index in [2.05, 4.69) is 4.98 Å². The van der Waals surface area contributed by atoms with Crippen LogP contribution in [-0.2, 0) is 6.18 Å². The van der Waals surface area contributed by atoms with Gasteiger partial charge in [-0.1, -0.05) is 0 Å². The first-order valence-electron chi connectivity index (χ1n) is 5.17. The maximum atomic E-state index is 12.5. The Morgan fingerprint density at radius 3 is 2.29 bits per heavy atom. The fourth-order valence-corrected chi connectivity index (χ4v) is 1.46. The van der Waals surface area contributed by atoms with Gasteiger partial charge in [0.1, 0.15) is 17.6 Å². The van der Waals surface area contributed by atoms with Gasteiger partial charge in [0.15, 0.2) is 0 Å². The van der Waals surface area contributed by atoms with Crippen LogP contribution in [0.3, 0.4) is 0 Å². The van der Waals surface area contributed by atoms with Gasteiger partial charge in [0.2, 0.25) is 0 Å². The highest BCUT2D eigenvalue weighted by molar-refractivity contribution is 5.54. The van der Waals surface area contributed by atoms with Crippen LogP contribution in [0, 0.1) is 11.3 Å². The standard InChI is InChI=1S/C11H12F3N3/c1-3-17(4-2)10-8(7-15)5-6-9(16-10)11(12,13)14/h5-6H,3-4H2,1-2H3. The summed E-state index contributed by atoms with van der Waals surface area (Å²) >= 11 is 0. The Labute approximate surface area is 97.5 Å². The van der Waals surface area contributed by atoms with Crippen LogP contribution >= 0.6 is 0 Å². The number of nitriles is 1. The van der Waals surface area contributed by atoms with Gasteiger partial charge in [0.05, 0.1) is 5.56 Å². The Kier molecular flexibility index (Phi) is 3.94. The summed E-state index contributed by atoms with van der Waals surface area (Å²) in [6.07, 6.45) is -4.49. The maximum Gasteiger partial charge on any atom is 0.433 e. The van der Waals surface area contributed by atoms with Crippen molar-refractivity contribution in [1.82, 2.24) is 4.98 Å². The van der Waals surface area contributed by atoms with Gasteiger partial charge in [0, 0.05) is 13.1 Å². The van der Waals surface area contributed by atoms with Crippen molar-refractivity contribution >= 4 is 5.82 Å². The number of alkyl halides is 3. The van der Waals surface area contributed by atoms with Gasteiger partial charge in [0.25, 0.3) is 0 Å². The van der Waals surface area contributed by atoms with Gasteiger partial charge in [-0.25, -0.2) is 4.98 Å². The molecule has 92 valence electrons. The van der Waals surface area contributed by atoms with E-state index in [9.17, 15) is 13.2 Å². The molecule has 0 aliphatic carbocycles. The summed E-state index contributed by atoms with van der Waals surface area (Å²) in [5, 5.41) is 8.85. The molecule has 0 saturated heterocycles. The van der Waals surface area contributed by atoms with Crippen LogP contribution in [0.5, 0.6) is 0 Å². The lowest BCUT2D eigenvalue weighted by Crippen LogP contribution is -2.25. The zero-order valence-electron chi connectivity index (χ0n) is 9.54. The third-order valence-electron chi connectivity index (χ3n) is 2.35. The normalized spacial score (nSPS) is 11.1. The predicted molar refractivity (Wildman–Crippen MR) is 57.5 cm³/mol. The van der Waals surface area contributed by atoms with E-state index in [4.69, 9.17) is 5.26 Å². The lowest BCUT2D eigenvalue weighted by Gasteiger charge is -2.21. The number of hydrogen-bond donors (Lipinski definition) is 0. The van der Waals surface area contributed by atoms with E-state index in [0.717, 1.165) is 12.1 Å². The molecule has 0 aliphatic heterocycles. The molecule has 1 aromatic rings. The molecule has 1 rings (SSSR count). The molecule has 0 aliphatic rings. The molecule has 1 aromatic heterocycles. The van der Waals surface area contributed by atoms with Crippen molar-refractivity contribution in [2.45, 2.75) is 20.0 Å². The minimum atomic E-state index is -4.49. The van der Waals surface area contributed by atoms with Gasteiger partial charge < -0.3 is 4.90 Å². The monoisotopic (exact) mass is 243 g/mol. The molecule has 0 unspecified atom stereocenters. The summed E-state index contributed by atoms with van der Waals surface area (Å²) in [7, 11) is 0. The summed E-state index contributed by atoms with van der Waals surface area (Å²) < 4.78 is 37.5. The predicted octanol–water partition coefficient (Wildman–Crippen LogP) is 2.82. The number of anilines is 1. The Hall–Kier alpha value is -1.77. The average molecular weight is 243 g/mol. The molecule has 0 fully saturated rings. The fourth-order valence-electron chi connectivity index (χ4n) is 1.46. The molecule has 0 N–H and O–H groups in total. The molecule has 0 radical (unpaired) electrons. The average Bonchev–Trinajstić information content (AvgIpc) is 2.29. The van der Waals surface area contributed by atoms with Gasteiger partial charge in [-0.05, 0) is 26.0 Å². The van der Waals surface area contributed by atoms with E-state index >= 15 is 0 Å². The van der Waals surface area contributed by atoms with Crippen molar-refractivity contribution < 1.29 is 13.2 Å². The Balaban J connectivity index is 3.30. The molecule has 17 heavy (non-hydrogen) atoms. The molecule has 0 saturated carbocycles. The van der Waals surface area contributed by atoms with Crippen molar-refractivity contribution in [2.24, 2.45) is 0 Å². The number of rotatable bonds is 3. The van der Waals surface area contributed by atoms with Gasteiger partial charge >= 0.3 is 6.18 Å². The van der Waals surface area contributed by atoms with Crippen LogP contribution < -0.4 is 4.90 Å². The fraction of sp³-hybridized carbons (Fsp3) is 0.455. The van der Waals surface area contributed by atoms with Crippen molar-refractivity contribution in [3.8, 4) is 6.07 Å². The molecular weight excluding hydrogens is 231 g/mol. The third-order valence-corrected chi connectivity index (χ3v) is 2.35. The molecule has 3 nitrogen and oxygen atoms in total. The highest BCUT2D eigenvalue weighted by Crippen LogP contribution is 2.30. The quantitative estimate of drug-likeness (QED) is 0.819. The highest BCUT2D eigenvalue weighted by atomic mass is 19.4. The maximum absolute atomic E-state index is 12.5. The smallest absolute Gasteiger partial charge is 0.356 e. The molecule has 0 bridgehead atoms. The lowest BCUT2D eigenvalue weighted by atomic mass is 10.2. The summed E-state index contributed by atoms with van der Waals surface area (Å²) in [5.74, 6) is 0.0901. The first-order chi connectivity index (χ1) is 7.93. The molecule has 0 spiro atoms. The largest absolute Gasteiger partial charge is 0.433 e. The molecule has 1 heterocycles. The van der Waals surface area contributed by atoms with Crippen molar-refractivity contribution in [1.29, 1.82) is 5.26 Å². The van der Waals surface area contributed by atoms with Crippen LogP contribution in [0.2, 0.25) is 0 Å². The summed E-state index contributed by atoms with van der Waals surface area (Å²) in [6.45, 7) is 4.60. The molecule has 0 atom stereocenters. The molecule has 6 heteroatoms. The van der Waals surface area contributed by atoms with Gasteiger partial charge in [-0.2, -0.15) is 18.4 Å². The second-order valence-electron chi connectivity index (χ2n) is 3.35. The number of halogens is 3. The Morgan fingerprint density at radius 1 is 1.29 bits per heavy atom. The zero-order chi connectivity index (χ0) is 13.1. The van der Waals surface area contributed by atoms with Gasteiger partial charge in [-0.15, -0.1) is 0 Å². The number of pyridine rings is 1. The summed E-state index contributed by atoms with van der Waals surface area (Å²) in [5.41, 5.74) is -0.819. The Morgan fingerprint density at radius 2 is 1.88 bits per heavy atom. The van der Waals surface area contributed by atoms with E-state index in [0.29, 0.717) is 13.1 Å². The van der Waals surface area contributed by atoms with E-state index in [1.807, 2.05) is 6.07 Å².